The van der Waals surface area contributed by atoms with Crippen LogP contribution in [0.1, 0.15) is 37.5 Å². The summed E-state index contributed by atoms with van der Waals surface area (Å²) in [5.74, 6) is 0. The van der Waals surface area contributed by atoms with Gasteiger partial charge in [0.15, 0.2) is 0 Å². The quantitative estimate of drug-likeness (QED) is 0.878. The molecule has 0 fully saturated rings. The van der Waals surface area contributed by atoms with Crippen molar-refractivity contribution in [2.75, 3.05) is 0 Å². The molecule has 21 heavy (non-hydrogen) atoms. The smallest absolute Gasteiger partial charge is 0.0724 e. The van der Waals surface area contributed by atoms with E-state index in [-0.39, 0.29) is 5.60 Å². The number of nitrogens with one attached hydrogen (secondary N) is 1. The van der Waals surface area contributed by atoms with E-state index in [1.165, 1.54) is 16.7 Å². The van der Waals surface area contributed by atoms with Crippen LogP contribution >= 0.6 is 0 Å². The summed E-state index contributed by atoms with van der Waals surface area (Å²) >= 11 is 0. The minimum atomic E-state index is -0.102. The van der Waals surface area contributed by atoms with E-state index in [0.717, 1.165) is 13.1 Å². The highest BCUT2D eigenvalue weighted by molar-refractivity contribution is 5.23. The lowest BCUT2D eigenvalue weighted by atomic mass is 10.1. The Bertz CT molecular complexity index is 547. The monoisotopic (exact) mass is 284 g/mol. The van der Waals surface area contributed by atoms with Gasteiger partial charge in [0, 0.05) is 25.5 Å². The third-order valence-corrected chi connectivity index (χ3v) is 3.07. The third kappa shape index (κ3) is 6.06. The maximum Gasteiger partial charge on any atom is 0.0724 e. The SMILES string of the molecule is CC(C)(C)OCc1cccc(CNCc2ccncc2)c1. The first-order chi connectivity index (χ1) is 10.0. The number of hydrogen-bond acceptors (Lipinski definition) is 3. The van der Waals surface area contributed by atoms with Crippen molar-refractivity contribution >= 4 is 0 Å². The van der Waals surface area contributed by atoms with Gasteiger partial charge in [-0.2, -0.15) is 0 Å². The molecule has 0 radical (unpaired) electrons. The van der Waals surface area contributed by atoms with E-state index in [1.807, 2.05) is 24.5 Å². The van der Waals surface area contributed by atoms with Crippen molar-refractivity contribution < 1.29 is 4.74 Å². The van der Waals surface area contributed by atoms with Crippen LogP contribution in [-0.4, -0.2) is 10.6 Å². The Hall–Kier alpha value is -1.71. The zero-order valence-electron chi connectivity index (χ0n) is 13.1. The predicted molar refractivity (Wildman–Crippen MR) is 85.8 cm³/mol. The van der Waals surface area contributed by atoms with Gasteiger partial charge >= 0.3 is 0 Å². The average molecular weight is 284 g/mol. The molecular formula is C18H24N2O. The summed E-state index contributed by atoms with van der Waals surface area (Å²) in [5, 5.41) is 3.45. The van der Waals surface area contributed by atoms with Gasteiger partial charge < -0.3 is 10.1 Å². The predicted octanol–water partition coefficient (Wildman–Crippen LogP) is 3.69. The molecular weight excluding hydrogens is 260 g/mol. The van der Waals surface area contributed by atoms with E-state index in [2.05, 4.69) is 55.3 Å². The molecule has 0 saturated carbocycles. The van der Waals surface area contributed by atoms with Crippen LogP contribution in [0.4, 0.5) is 0 Å². The molecule has 1 aromatic carbocycles. The van der Waals surface area contributed by atoms with Crippen LogP contribution in [0.5, 0.6) is 0 Å². The molecule has 0 aliphatic heterocycles. The maximum atomic E-state index is 5.82. The molecule has 1 N–H and O–H groups in total. The Morgan fingerprint density at radius 3 is 2.33 bits per heavy atom. The summed E-state index contributed by atoms with van der Waals surface area (Å²) in [6.45, 7) is 8.59. The van der Waals surface area contributed by atoms with Crippen LogP contribution < -0.4 is 5.32 Å². The van der Waals surface area contributed by atoms with Crippen molar-refractivity contribution in [3.8, 4) is 0 Å². The molecule has 112 valence electrons. The molecule has 0 saturated heterocycles. The minimum Gasteiger partial charge on any atom is -0.371 e. The van der Waals surface area contributed by atoms with Gasteiger partial charge in [-0.05, 0) is 49.6 Å². The normalized spacial score (nSPS) is 11.6. The number of benzene rings is 1. The average Bonchev–Trinajstić information content (AvgIpc) is 2.46. The second-order valence-corrected chi connectivity index (χ2v) is 6.18. The first-order valence-electron chi connectivity index (χ1n) is 7.34. The first-order valence-corrected chi connectivity index (χ1v) is 7.34. The van der Waals surface area contributed by atoms with Crippen molar-refractivity contribution in [1.29, 1.82) is 0 Å². The fourth-order valence-corrected chi connectivity index (χ4v) is 1.98. The molecule has 0 amide bonds. The third-order valence-electron chi connectivity index (χ3n) is 3.07. The number of pyridine rings is 1. The van der Waals surface area contributed by atoms with Gasteiger partial charge in [-0.25, -0.2) is 0 Å². The maximum absolute atomic E-state index is 5.82. The Morgan fingerprint density at radius 1 is 0.952 bits per heavy atom. The van der Waals surface area contributed by atoms with E-state index < -0.39 is 0 Å². The number of ether oxygens (including phenoxy) is 1. The van der Waals surface area contributed by atoms with Crippen LogP contribution in [0.25, 0.3) is 0 Å². The molecule has 0 spiro atoms. The van der Waals surface area contributed by atoms with Gasteiger partial charge in [-0.15, -0.1) is 0 Å². The van der Waals surface area contributed by atoms with Crippen molar-refractivity contribution in [3.63, 3.8) is 0 Å². The summed E-state index contributed by atoms with van der Waals surface area (Å²) in [7, 11) is 0. The lowest BCUT2D eigenvalue weighted by molar-refractivity contribution is -0.0149. The second kappa shape index (κ2) is 7.34. The molecule has 0 unspecified atom stereocenters. The van der Waals surface area contributed by atoms with Crippen LogP contribution in [0, 0.1) is 0 Å². The van der Waals surface area contributed by atoms with Crippen LogP contribution in [0.2, 0.25) is 0 Å². The highest BCUT2D eigenvalue weighted by Crippen LogP contribution is 2.13. The Morgan fingerprint density at radius 2 is 1.62 bits per heavy atom. The topological polar surface area (TPSA) is 34.1 Å². The molecule has 0 aliphatic rings. The summed E-state index contributed by atoms with van der Waals surface area (Å²) in [4.78, 5) is 4.02. The second-order valence-electron chi connectivity index (χ2n) is 6.18. The largest absolute Gasteiger partial charge is 0.371 e. The van der Waals surface area contributed by atoms with E-state index >= 15 is 0 Å². The zero-order chi connectivity index (χ0) is 15.1. The standard InChI is InChI=1S/C18H24N2O/c1-18(2,3)21-14-17-6-4-5-16(11-17)13-20-12-15-7-9-19-10-8-15/h4-11,20H,12-14H2,1-3H3. The van der Waals surface area contributed by atoms with Gasteiger partial charge in [-0.3, -0.25) is 4.98 Å². The van der Waals surface area contributed by atoms with Crippen LogP contribution in [0.3, 0.4) is 0 Å². The van der Waals surface area contributed by atoms with Crippen molar-refractivity contribution in [2.24, 2.45) is 0 Å². The fourth-order valence-electron chi connectivity index (χ4n) is 1.98. The number of aromatic nitrogens is 1. The lowest BCUT2D eigenvalue weighted by Gasteiger charge is -2.19. The van der Waals surface area contributed by atoms with Gasteiger partial charge in [0.1, 0.15) is 0 Å². The zero-order valence-corrected chi connectivity index (χ0v) is 13.1. The van der Waals surface area contributed by atoms with Crippen molar-refractivity contribution in [1.82, 2.24) is 10.3 Å². The van der Waals surface area contributed by atoms with Crippen LogP contribution in [0.15, 0.2) is 48.8 Å². The molecule has 0 atom stereocenters. The first kappa shape index (κ1) is 15.7. The molecule has 1 heterocycles. The summed E-state index contributed by atoms with van der Waals surface area (Å²) < 4.78 is 5.82. The summed E-state index contributed by atoms with van der Waals surface area (Å²) in [6, 6.07) is 12.6. The summed E-state index contributed by atoms with van der Waals surface area (Å²) in [5.41, 5.74) is 3.64. The van der Waals surface area contributed by atoms with E-state index in [1.54, 1.807) is 0 Å². The van der Waals surface area contributed by atoms with Gasteiger partial charge in [0.2, 0.25) is 0 Å². The van der Waals surface area contributed by atoms with Crippen molar-refractivity contribution in [3.05, 3.63) is 65.5 Å². The number of hydrogen-bond donors (Lipinski definition) is 1. The minimum absolute atomic E-state index is 0.102. The number of rotatable bonds is 6. The Labute approximate surface area is 127 Å². The van der Waals surface area contributed by atoms with E-state index in [9.17, 15) is 0 Å². The highest BCUT2D eigenvalue weighted by atomic mass is 16.5. The molecule has 1 aromatic heterocycles. The van der Waals surface area contributed by atoms with Gasteiger partial charge in [-0.1, -0.05) is 24.3 Å². The molecule has 3 heteroatoms. The van der Waals surface area contributed by atoms with Gasteiger partial charge in [0.25, 0.3) is 0 Å². The van der Waals surface area contributed by atoms with E-state index in [4.69, 9.17) is 4.74 Å². The highest BCUT2D eigenvalue weighted by Gasteiger charge is 2.09. The molecule has 0 bridgehead atoms. The molecule has 2 rings (SSSR count). The fraction of sp³-hybridized carbons (Fsp3) is 0.389. The Balaban J connectivity index is 1.83. The van der Waals surface area contributed by atoms with Crippen LogP contribution in [-0.2, 0) is 24.4 Å². The van der Waals surface area contributed by atoms with E-state index in [0.29, 0.717) is 6.61 Å². The van der Waals surface area contributed by atoms with Crippen molar-refractivity contribution in [2.45, 2.75) is 46.1 Å². The number of nitrogens with zero attached hydrogens (tertiary/aromatic N) is 1. The molecule has 0 aliphatic carbocycles. The summed E-state index contributed by atoms with van der Waals surface area (Å²) in [6.07, 6.45) is 3.64. The Kier molecular flexibility index (Phi) is 5.48. The van der Waals surface area contributed by atoms with Gasteiger partial charge in [0.05, 0.1) is 12.2 Å². The molecule has 3 nitrogen and oxygen atoms in total. The molecule has 2 aromatic rings. The lowest BCUT2D eigenvalue weighted by Crippen LogP contribution is -2.18.